The molecule has 0 aliphatic heterocycles. The fraction of sp³-hybridized carbons (Fsp3) is 0.385. The Kier molecular flexibility index (Phi) is 5.81. The van der Waals surface area contributed by atoms with Gasteiger partial charge < -0.3 is 21.1 Å². The van der Waals surface area contributed by atoms with Crippen LogP contribution in [-0.2, 0) is 4.79 Å². The summed E-state index contributed by atoms with van der Waals surface area (Å²) in [5, 5.41) is 17.0. The largest absolute Gasteiger partial charge is 0.389 e. The first-order valence-corrected chi connectivity index (χ1v) is 6.12. The van der Waals surface area contributed by atoms with Crippen molar-refractivity contribution in [1.29, 1.82) is 0 Å². The van der Waals surface area contributed by atoms with Crippen LogP contribution in [-0.4, -0.2) is 30.1 Å². The van der Waals surface area contributed by atoms with Crippen molar-refractivity contribution in [3.8, 4) is 0 Å². The zero-order chi connectivity index (χ0) is 14.3. The molecule has 0 heterocycles. The zero-order valence-electron chi connectivity index (χ0n) is 11.1. The van der Waals surface area contributed by atoms with E-state index < -0.39 is 12.1 Å². The summed E-state index contributed by atoms with van der Waals surface area (Å²) in [5.41, 5.74) is 1.37. The van der Waals surface area contributed by atoms with Gasteiger partial charge in [-0.05, 0) is 31.5 Å². The minimum atomic E-state index is -0.541. The Labute approximate surface area is 112 Å². The highest BCUT2D eigenvalue weighted by atomic mass is 16.3. The summed E-state index contributed by atoms with van der Waals surface area (Å²) in [7, 11) is 0. The van der Waals surface area contributed by atoms with Gasteiger partial charge in [0, 0.05) is 12.2 Å². The summed E-state index contributed by atoms with van der Waals surface area (Å²) < 4.78 is 0. The molecule has 0 bridgehead atoms. The number of carbonyl (C=O) groups excluding carboxylic acids is 2. The summed E-state index contributed by atoms with van der Waals surface area (Å²) >= 11 is 0. The number of benzene rings is 1. The molecule has 6 heteroatoms. The topological polar surface area (TPSA) is 90.5 Å². The second kappa shape index (κ2) is 7.38. The maximum Gasteiger partial charge on any atom is 0.319 e. The monoisotopic (exact) mass is 265 g/mol. The van der Waals surface area contributed by atoms with Crippen molar-refractivity contribution in [3.63, 3.8) is 0 Å². The molecule has 19 heavy (non-hydrogen) atoms. The van der Waals surface area contributed by atoms with Gasteiger partial charge in [0.15, 0.2) is 0 Å². The molecule has 104 valence electrons. The first-order valence-electron chi connectivity index (χ1n) is 6.12. The Bertz CT molecular complexity index is 429. The van der Waals surface area contributed by atoms with Gasteiger partial charge in [-0.25, -0.2) is 4.79 Å². The maximum atomic E-state index is 11.5. The second-order valence-corrected chi connectivity index (χ2v) is 4.06. The molecule has 1 rings (SSSR count). The summed E-state index contributed by atoms with van der Waals surface area (Å²) in [6.45, 7) is 3.94. The second-order valence-electron chi connectivity index (χ2n) is 4.06. The number of amides is 3. The SMILES string of the molecule is CCNC(=O)CNC(=O)Nc1ccc(C(C)O)cc1. The Morgan fingerprint density at radius 3 is 2.37 bits per heavy atom. The Morgan fingerprint density at radius 2 is 1.84 bits per heavy atom. The quantitative estimate of drug-likeness (QED) is 0.640. The molecule has 0 aliphatic carbocycles. The summed E-state index contributed by atoms with van der Waals surface area (Å²) in [5.74, 6) is -0.234. The van der Waals surface area contributed by atoms with Gasteiger partial charge in [-0.2, -0.15) is 0 Å². The molecule has 6 nitrogen and oxygen atoms in total. The molecule has 0 radical (unpaired) electrons. The molecule has 1 atom stereocenters. The van der Waals surface area contributed by atoms with Gasteiger partial charge in [0.1, 0.15) is 0 Å². The lowest BCUT2D eigenvalue weighted by Gasteiger charge is -2.09. The number of anilines is 1. The summed E-state index contributed by atoms with van der Waals surface area (Å²) in [4.78, 5) is 22.6. The van der Waals surface area contributed by atoms with Crippen LogP contribution in [0, 0.1) is 0 Å². The average Bonchev–Trinajstić information content (AvgIpc) is 2.37. The molecule has 1 aromatic rings. The highest BCUT2D eigenvalue weighted by molar-refractivity contribution is 5.92. The Morgan fingerprint density at radius 1 is 1.21 bits per heavy atom. The molecule has 0 saturated heterocycles. The van der Waals surface area contributed by atoms with Gasteiger partial charge in [-0.15, -0.1) is 0 Å². The van der Waals surface area contributed by atoms with E-state index in [0.717, 1.165) is 5.56 Å². The van der Waals surface area contributed by atoms with E-state index in [0.29, 0.717) is 12.2 Å². The van der Waals surface area contributed by atoms with E-state index in [9.17, 15) is 14.7 Å². The lowest BCUT2D eigenvalue weighted by atomic mass is 10.1. The molecular weight excluding hydrogens is 246 g/mol. The average molecular weight is 265 g/mol. The number of carbonyl (C=O) groups is 2. The number of hydrogen-bond donors (Lipinski definition) is 4. The van der Waals surface area contributed by atoms with Gasteiger partial charge >= 0.3 is 6.03 Å². The van der Waals surface area contributed by atoms with Gasteiger partial charge in [-0.1, -0.05) is 12.1 Å². The lowest BCUT2D eigenvalue weighted by Crippen LogP contribution is -2.38. The van der Waals surface area contributed by atoms with Crippen molar-refractivity contribution in [3.05, 3.63) is 29.8 Å². The maximum absolute atomic E-state index is 11.5. The standard InChI is InChI=1S/C13H19N3O3/c1-3-14-12(18)8-15-13(19)16-11-6-4-10(5-7-11)9(2)17/h4-7,9,17H,3,8H2,1-2H3,(H,14,18)(H2,15,16,19). The van der Waals surface area contributed by atoms with E-state index in [1.807, 2.05) is 6.92 Å². The number of rotatable bonds is 5. The molecule has 0 aromatic heterocycles. The van der Waals surface area contributed by atoms with Crippen molar-refractivity contribution in [2.45, 2.75) is 20.0 Å². The van der Waals surface area contributed by atoms with Crippen LogP contribution in [0.25, 0.3) is 0 Å². The van der Waals surface area contributed by atoms with Crippen molar-refractivity contribution in [2.24, 2.45) is 0 Å². The molecule has 1 unspecified atom stereocenters. The highest BCUT2D eigenvalue weighted by Gasteiger charge is 2.05. The van der Waals surface area contributed by atoms with Gasteiger partial charge in [0.2, 0.25) is 5.91 Å². The number of likely N-dealkylation sites (N-methyl/N-ethyl adjacent to an activating group) is 1. The third kappa shape index (κ3) is 5.39. The van der Waals surface area contributed by atoms with Crippen LogP contribution < -0.4 is 16.0 Å². The van der Waals surface area contributed by atoms with E-state index in [-0.39, 0.29) is 12.5 Å². The normalized spacial score (nSPS) is 11.5. The van der Waals surface area contributed by atoms with E-state index >= 15 is 0 Å². The van der Waals surface area contributed by atoms with Crippen LogP contribution in [0.5, 0.6) is 0 Å². The number of urea groups is 1. The van der Waals surface area contributed by atoms with E-state index in [1.54, 1.807) is 31.2 Å². The fourth-order valence-electron chi connectivity index (χ4n) is 1.44. The first kappa shape index (κ1) is 15.0. The predicted molar refractivity (Wildman–Crippen MR) is 72.8 cm³/mol. The molecule has 0 spiro atoms. The van der Waals surface area contributed by atoms with Crippen LogP contribution in [0.1, 0.15) is 25.5 Å². The van der Waals surface area contributed by atoms with Gasteiger partial charge in [0.25, 0.3) is 0 Å². The van der Waals surface area contributed by atoms with E-state index in [2.05, 4.69) is 16.0 Å². The number of hydrogen-bond acceptors (Lipinski definition) is 3. The van der Waals surface area contributed by atoms with Gasteiger partial charge in [-0.3, -0.25) is 4.79 Å². The van der Waals surface area contributed by atoms with Crippen LogP contribution in [0.15, 0.2) is 24.3 Å². The first-order chi connectivity index (χ1) is 9.02. The number of aliphatic hydroxyl groups excluding tert-OH is 1. The molecule has 0 saturated carbocycles. The number of nitrogens with one attached hydrogen (secondary N) is 3. The van der Waals surface area contributed by atoms with Crippen molar-refractivity contribution >= 4 is 17.6 Å². The van der Waals surface area contributed by atoms with Crippen molar-refractivity contribution < 1.29 is 14.7 Å². The highest BCUT2D eigenvalue weighted by Crippen LogP contribution is 2.15. The Balaban J connectivity index is 2.42. The third-order valence-corrected chi connectivity index (χ3v) is 2.43. The molecule has 3 amide bonds. The Hall–Kier alpha value is -2.08. The van der Waals surface area contributed by atoms with Crippen molar-refractivity contribution in [1.82, 2.24) is 10.6 Å². The van der Waals surface area contributed by atoms with E-state index in [1.165, 1.54) is 0 Å². The van der Waals surface area contributed by atoms with Crippen LogP contribution in [0.4, 0.5) is 10.5 Å². The van der Waals surface area contributed by atoms with Crippen LogP contribution in [0.3, 0.4) is 0 Å². The zero-order valence-corrected chi connectivity index (χ0v) is 11.1. The minimum Gasteiger partial charge on any atom is -0.389 e. The molecule has 0 aliphatic rings. The predicted octanol–water partition coefficient (Wildman–Crippen LogP) is 0.997. The molecular formula is C13H19N3O3. The lowest BCUT2D eigenvalue weighted by molar-refractivity contribution is -0.119. The number of aliphatic hydroxyl groups is 1. The fourth-order valence-corrected chi connectivity index (χ4v) is 1.44. The van der Waals surface area contributed by atoms with Crippen LogP contribution >= 0.6 is 0 Å². The molecule has 4 N–H and O–H groups in total. The van der Waals surface area contributed by atoms with E-state index in [4.69, 9.17) is 0 Å². The smallest absolute Gasteiger partial charge is 0.319 e. The summed E-state index contributed by atoms with van der Waals surface area (Å²) in [6, 6.07) is 6.38. The van der Waals surface area contributed by atoms with Crippen LogP contribution in [0.2, 0.25) is 0 Å². The summed E-state index contributed by atoms with van der Waals surface area (Å²) in [6.07, 6.45) is -0.541. The van der Waals surface area contributed by atoms with Crippen molar-refractivity contribution in [2.75, 3.05) is 18.4 Å². The molecule has 1 aromatic carbocycles. The van der Waals surface area contributed by atoms with Gasteiger partial charge in [0.05, 0.1) is 12.6 Å². The third-order valence-electron chi connectivity index (χ3n) is 2.43. The molecule has 0 fully saturated rings. The minimum absolute atomic E-state index is 0.0641.